The van der Waals surface area contributed by atoms with Crippen LogP contribution in [0.4, 0.5) is 30.5 Å². The van der Waals surface area contributed by atoms with E-state index in [1.165, 1.54) is 12.1 Å². The molecule has 3 aromatic rings. The third-order valence-corrected chi connectivity index (χ3v) is 6.90. The van der Waals surface area contributed by atoms with Crippen molar-refractivity contribution in [3.63, 3.8) is 0 Å². The van der Waals surface area contributed by atoms with Crippen molar-refractivity contribution in [2.45, 2.75) is 44.1 Å². The Hall–Kier alpha value is -3.95. The fourth-order valence-corrected chi connectivity index (χ4v) is 5.22. The molecule has 6 rings (SSSR count). The van der Waals surface area contributed by atoms with Gasteiger partial charge in [0, 0.05) is 24.0 Å². The van der Waals surface area contributed by atoms with Crippen molar-refractivity contribution in [1.29, 1.82) is 0 Å². The second-order valence-electron chi connectivity index (χ2n) is 9.32. The van der Waals surface area contributed by atoms with Crippen LogP contribution in [-0.2, 0) is 4.79 Å². The van der Waals surface area contributed by atoms with Gasteiger partial charge in [0.15, 0.2) is 5.82 Å². The largest absolute Gasteiger partial charge is 0.406 e. The molecule has 1 aliphatic carbocycles. The number of fused-ring (bicyclic) bond motifs is 2. The van der Waals surface area contributed by atoms with Gasteiger partial charge in [0.25, 0.3) is 5.91 Å². The SMILES string of the molecule is CC1C(=O)N(CC(F)(F)F)c2ccc(N3C(=O)c4ccccc4C3c3cccnc3)nc2N1C1CC1. The maximum Gasteiger partial charge on any atom is 0.406 e. The van der Waals surface area contributed by atoms with E-state index in [9.17, 15) is 22.8 Å². The number of rotatable bonds is 4. The lowest BCUT2D eigenvalue weighted by Crippen LogP contribution is -2.55. The number of anilines is 3. The summed E-state index contributed by atoms with van der Waals surface area (Å²) in [6, 6.07) is 12.7. The van der Waals surface area contributed by atoms with E-state index >= 15 is 0 Å². The number of benzene rings is 1. The van der Waals surface area contributed by atoms with E-state index in [1.807, 2.05) is 18.2 Å². The highest BCUT2D eigenvalue weighted by Gasteiger charge is 2.47. The molecule has 2 amide bonds. The Morgan fingerprint density at radius 1 is 1.03 bits per heavy atom. The van der Waals surface area contributed by atoms with E-state index in [1.54, 1.807) is 47.3 Å². The summed E-state index contributed by atoms with van der Waals surface area (Å²) in [5.41, 5.74) is 2.23. The van der Waals surface area contributed by atoms with Crippen LogP contribution in [0.3, 0.4) is 0 Å². The maximum atomic E-state index is 13.6. The van der Waals surface area contributed by atoms with Gasteiger partial charge in [-0.25, -0.2) is 4.98 Å². The molecule has 4 heterocycles. The van der Waals surface area contributed by atoms with Gasteiger partial charge < -0.3 is 4.90 Å². The molecule has 2 atom stereocenters. The number of halogens is 3. The molecule has 0 saturated heterocycles. The summed E-state index contributed by atoms with van der Waals surface area (Å²) < 4.78 is 40.1. The standard InChI is InChI=1S/C26H22F3N5O2/c1-15-24(35)32(14-26(27,28)29)20-10-11-21(31-23(20)33(15)17-8-9-17)34-22(16-5-4-12-30-13-16)18-6-2-3-7-19(18)25(34)36/h2-7,10-13,15,17,22H,8-9,14H2,1H3. The van der Waals surface area contributed by atoms with Crippen LogP contribution in [0.15, 0.2) is 60.9 Å². The van der Waals surface area contributed by atoms with Crippen molar-refractivity contribution < 1.29 is 22.8 Å². The monoisotopic (exact) mass is 493 g/mol. The summed E-state index contributed by atoms with van der Waals surface area (Å²) in [6.45, 7) is 0.214. The molecule has 36 heavy (non-hydrogen) atoms. The zero-order valence-electron chi connectivity index (χ0n) is 19.3. The first-order valence-corrected chi connectivity index (χ1v) is 11.7. The Kier molecular flexibility index (Phi) is 5.03. The Bertz CT molecular complexity index is 1360. The van der Waals surface area contributed by atoms with Crippen molar-refractivity contribution >= 4 is 29.1 Å². The van der Waals surface area contributed by atoms with Crippen molar-refractivity contribution in [2.75, 3.05) is 21.2 Å². The predicted octanol–water partition coefficient (Wildman–Crippen LogP) is 4.49. The number of carbonyl (C=O) groups excluding carboxylic acids is 2. The smallest absolute Gasteiger partial charge is 0.340 e. The normalized spacial score (nSPS) is 21.6. The molecule has 1 fully saturated rings. The number of hydrogen-bond acceptors (Lipinski definition) is 5. The first-order chi connectivity index (χ1) is 17.2. The van der Waals surface area contributed by atoms with Gasteiger partial charge >= 0.3 is 6.18 Å². The number of amides is 2. The minimum Gasteiger partial charge on any atom is -0.340 e. The fraction of sp³-hybridized carbons (Fsp3) is 0.308. The van der Waals surface area contributed by atoms with Crippen molar-refractivity contribution in [2.24, 2.45) is 0 Å². The average Bonchev–Trinajstić information content (AvgIpc) is 3.65. The number of carbonyl (C=O) groups is 2. The molecule has 3 aliphatic rings. The zero-order chi connectivity index (χ0) is 25.2. The topological polar surface area (TPSA) is 69.6 Å². The molecule has 184 valence electrons. The van der Waals surface area contributed by atoms with E-state index in [0.29, 0.717) is 17.2 Å². The van der Waals surface area contributed by atoms with Crippen LogP contribution < -0.4 is 14.7 Å². The van der Waals surface area contributed by atoms with Crippen LogP contribution in [0.2, 0.25) is 0 Å². The Morgan fingerprint density at radius 2 is 1.81 bits per heavy atom. The van der Waals surface area contributed by atoms with Crippen LogP contribution in [0.1, 0.15) is 47.3 Å². The van der Waals surface area contributed by atoms with E-state index in [2.05, 4.69) is 4.98 Å². The molecule has 1 saturated carbocycles. The quantitative estimate of drug-likeness (QED) is 0.536. The Morgan fingerprint density at radius 3 is 2.50 bits per heavy atom. The van der Waals surface area contributed by atoms with E-state index in [-0.39, 0.29) is 17.6 Å². The van der Waals surface area contributed by atoms with Gasteiger partial charge in [-0.1, -0.05) is 24.3 Å². The summed E-state index contributed by atoms with van der Waals surface area (Å²) in [7, 11) is 0. The molecular formula is C26H22F3N5O2. The zero-order valence-corrected chi connectivity index (χ0v) is 19.3. The fourth-order valence-electron chi connectivity index (χ4n) is 5.22. The molecule has 2 aromatic heterocycles. The molecule has 0 radical (unpaired) electrons. The number of alkyl halides is 3. The molecule has 0 N–H and O–H groups in total. The molecule has 1 aromatic carbocycles. The molecule has 2 aliphatic heterocycles. The van der Waals surface area contributed by atoms with Crippen molar-refractivity contribution in [1.82, 2.24) is 9.97 Å². The predicted molar refractivity (Wildman–Crippen MR) is 127 cm³/mol. The molecule has 0 spiro atoms. The number of pyridine rings is 2. The minimum atomic E-state index is -4.56. The number of hydrogen-bond donors (Lipinski definition) is 0. The lowest BCUT2D eigenvalue weighted by atomic mass is 9.99. The van der Waals surface area contributed by atoms with Gasteiger partial charge in [-0.15, -0.1) is 0 Å². The van der Waals surface area contributed by atoms with Gasteiger partial charge in [0.05, 0.1) is 11.7 Å². The van der Waals surface area contributed by atoms with E-state index < -0.39 is 30.7 Å². The van der Waals surface area contributed by atoms with Crippen LogP contribution in [0.25, 0.3) is 0 Å². The second-order valence-corrected chi connectivity index (χ2v) is 9.32. The van der Waals surface area contributed by atoms with Crippen molar-refractivity contribution in [3.8, 4) is 0 Å². The summed E-state index contributed by atoms with van der Waals surface area (Å²) in [5.74, 6) is -0.265. The molecule has 7 nitrogen and oxygen atoms in total. The third-order valence-electron chi connectivity index (χ3n) is 6.90. The lowest BCUT2D eigenvalue weighted by Gasteiger charge is -2.41. The minimum absolute atomic E-state index is 0.0269. The second kappa shape index (κ2) is 8.04. The van der Waals surface area contributed by atoms with Gasteiger partial charge in [-0.05, 0) is 55.2 Å². The van der Waals surface area contributed by atoms with Gasteiger partial charge in [0.2, 0.25) is 5.91 Å². The summed E-state index contributed by atoms with van der Waals surface area (Å²) in [5, 5.41) is 0. The third kappa shape index (κ3) is 3.59. The first kappa shape index (κ1) is 22.5. The van der Waals surface area contributed by atoms with Gasteiger partial charge in [-0.2, -0.15) is 13.2 Å². The highest BCUT2D eigenvalue weighted by molar-refractivity contribution is 6.12. The highest BCUT2D eigenvalue weighted by Crippen LogP contribution is 2.46. The average molecular weight is 493 g/mol. The number of nitrogens with zero attached hydrogens (tertiary/aromatic N) is 5. The maximum absolute atomic E-state index is 13.6. The summed E-state index contributed by atoms with van der Waals surface area (Å²) in [4.78, 5) is 39.7. The first-order valence-electron chi connectivity index (χ1n) is 11.7. The molecular weight excluding hydrogens is 471 g/mol. The summed E-state index contributed by atoms with van der Waals surface area (Å²) >= 11 is 0. The van der Waals surface area contributed by atoms with Gasteiger partial charge in [0.1, 0.15) is 18.4 Å². The van der Waals surface area contributed by atoms with Crippen LogP contribution in [-0.4, -0.2) is 46.6 Å². The van der Waals surface area contributed by atoms with E-state index in [4.69, 9.17) is 4.98 Å². The van der Waals surface area contributed by atoms with Crippen molar-refractivity contribution in [3.05, 3.63) is 77.6 Å². The Balaban J connectivity index is 1.49. The van der Waals surface area contributed by atoms with Crippen LogP contribution >= 0.6 is 0 Å². The Labute approximate surface area is 205 Å². The molecule has 10 heteroatoms. The summed E-state index contributed by atoms with van der Waals surface area (Å²) in [6.07, 6.45) is 0.427. The lowest BCUT2D eigenvalue weighted by molar-refractivity contribution is -0.133. The van der Waals surface area contributed by atoms with Crippen LogP contribution in [0.5, 0.6) is 0 Å². The van der Waals surface area contributed by atoms with E-state index in [0.717, 1.165) is 28.9 Å². The highest BCUT2D eigenvalue weighted by atomic mass is 19.4. The number of aromatic nitrogens is 2. The van der Waals surface area contributed by atoms with Crippen LogP contribution in [0, 0.1) is 0 Å². The molecule has 2 unspecified atom stereocenters. The van der Waals surface area contributed by atoms with Gasteiger partial charge in [-0.3, -0.25) is 24.4 Å². The molecule has 0 bridgehead atoms.